The summed E-state index contributed by atoms with van der Waals surface area (Å²) in [5.41, 5.74) is 0.800. The van der Waals surface area contributed by atoms with Crippen molar-refractivity contribution in [1.82, 2.24) is 9.97 Å². The van der Waals surface area contributed by atoms with E-state index in [1.165, 1.54) is 6.33 Å². The van der Waals surface area contributed by atoms with E-state index < -0.39 is 0 Å². The molecule has 0 saturated heterocycles. The van der Waals surface area contributed by atoms with Crippen molar-refractivity contribution in [2.75, 3.05) is 19.0 Å². The van der Waals surface area contributed by atoms with E-state index in [1.807, 2.05) is 6.07 Å². The third kappa shape index (κ3) is 1.96. The number of methoxy groups -OCH3 is 1. The lowest BCUT2D eigenvalue weighted by molar-refractivity contribution is 0.397. The van der Waals surface area contributed by atoms with Crippen molar-refractivity contribution in [1.29, 1.82) is 0 Å². The van der Waals surface area contributed by atoms with Gasteiger partial charge in [-0.3, -0.25) is 0 Å². The summed E-state index contributed by atoms with van der Waals surface area (Å²) in [5, 5.41) is 3.36. The molecule has 1 fully saturated rings. The van der Waals surface area contributed by atoms with Crippen LogP contribution in [0.5, 0.6) is 5.88 Å². The first-order chi connectivity index (χ1) is 7.89. The van der Waals surface area contributed by atoms with E-state index in [-0.39, 0.29) is 0 Å². The SMILES string of the molecule is COc1cc(NCC2C(C)(C)C2(C)C)ncn1. The number of anilines is 1. The van der Waals surface area contributed by atoms with Gasteiger partial charge in [-0.1, -0.05) is 27.7 Å². The zero-order valence-corrected chi connectivity index (χ0v) is 11.2. The average Bonchev–Trinajstić information content (AvgIpc) is 2.67. The lowest BCUT2D eigenvalue weighted by atomic mass is 10.0. The lowest BCUT2D eigenvalue weighted by Gasteiger charge is -2.07. The molecule has 94 valence electrons. The highest BCUT2D eigenvalue weighted by Crippen LogP contribution is 2.68. The summed E-state index contributed by atoms with van der Waals surface area (Å²) in [5.74, 6) is 2.10. The van der Waals surface area contributed by atoms with Crippen molar-refractivity contribution >= 4 is 5.82 Å². The molecule has 1 aliphatic carbocycles. The van der Waals surface area contributed by atoms with Crippen molar-refractivity contribution in [3.05, 3.63) is 12.4 Å². The first kappa shape index (κ1) is 12.1. The Kier molecular flexibility index (Phi) is 2.76. The van der Waals surface area contributed by atoms with Crippen LogP contribution in [0.1, 0.15) is 27.7 Å². The van der Waals surface area contributed by atoms with Crippen LogP contribution in [0.15, 0.2) is 12.4 Å². The fraction of sp³-hybridized carbons (Fsp3) is 0.692. The number of aromatic nitrogens is 2. The molecule has 1 heterocycles. The minimum Gasteiger partial charge on any atom is -0.481 e. The third-order valence-electron chi connectivity index (χ3n) is 4.66. The number of hydrogen-bond acceptors (Lipinski definition) is 4. The van der Waals surface area contributed by atoms with Gasteiger partial charge in [-0.25, -0.2) is 9.97 Å². The lowest BCUT2D eigenvalue weighted by Crippen LogP contribution is -2.09. The van der Waals surface area contributed by atoms with E-state index in [1.54, 1.807) is 7.11 Å². The molecule has 0 amide bonds. The molecule has 4 nitrogen and oxygen atoms in total. The van der Waals surface area contributed by atoms with Gasteiger partial charge >= 0.3 is 0 Å². The molecule has 0 aromatic carbocycles. The van der Waals surface area contributed by atoms with Gasteiger partial charge in [0.25, 0.3) is 0 Å². The van der Waals surface area contributed by atoms with E-state index in [0.717, 1.165) is 12.4 Å². The normalized spacial score (nSPS) is 21.0. The van der Waals surface area contributed by atoms with Crippen molar-refractivity contribution in [3.8, 4) is 5.88 Å². The highest BCUT2D eigenvalue weighted by atomic mass is 16.5. The largest absolute Gasteiger partial charge is 0.481 e. The molecule has 1 aromatic rings. The summed E-state index contributed by atoms with van der Waals surface area (Å²) >= 11 is 0. The summed E-state index contributed by atoms with van der Waals surface area (Å²) in [6, 6.07) is 1.82. The van der Waals surface area contributed by atoms with Crippen molar-refractivity contribution in [2.24, 2.45) is 16.7 Å². The topological polar surface area (TPSA) is 47.0 Å². The summed E-state index contributed by atoms with van der Waals surface area (Å²) in [6.45, 7) is 10.2. The summed E-state index contributed by atoms with van der Waals surface area (Å²) in [6.07, 6.45) is 1.52. The number of hydrogen-bond donors (Lipinski definition) is 1. The van der Waals surface area contributed by atoms with E-state index in [9.17, 15) is 0 Å². The van der Waals surface area contributed by atoms with Gasteiger partial charge in [0.1, 0.15) is 12.1 Å². The molecular weight excluding hydrogens is 214 g/mol. The Balaban J connectivity index is 1.95. The number of ether oxygens (including phenoxy) is 1. The minimum atomic E-state index is 0.400. The predicted octanol–water partition coefficient (Wildman–Crippen LogP) is 2.58. The standard InChI is InChI=1S/C13H21N3O/c1-12(2)9(13(12,3)4)7-14-10-6-11(17-5)16-8-15-10/h6,8-9H,7H2,1-5H3,(H,14,15,16). The molecule has 1 aliphatic rings. The van der Waals surface area contributed by atoms with Gasteiger partial charge in [-0.15, -0.1) is 0 Å². The second-order valence-electron chi connectivity index (χ2n) is 5.82. The van der Waals surface area contributed by atoms with Gasteiger partial charge in [0.05, 0.1) is 7.11 Å². The maximum absolute atomic E-state index is 5.07. The van der Waals surface area contributed by atoms with Crippen LogP contribution in [0.3, 0.4) is 0 Å². The maximum Gasteiger partial charge on any atom is 0.218 e. The van der Waals surface area contributed by atoms with E-state index in [4.69, 9.17) is 4.74 Å². The minimum absolute atomic E-state index is 0.400. The highest BCUT2D eigenvalue weighted by Gasteiger charge is 2.64. The van der Waals surface area contributed by atoms with Gasteiger partial charge in [-0.2, -0.15) is 0 Å². The molecule has 4 heteroatoms. The molecular formula is C13H21N3O. The van der Waals surface area contributed by atoms with Crippen LogP contribution in [0.25, 0.3) is 0 Å². The Labute approximate surface area is 103 Å². The van der Waals surface area contributed by atoms with Gasteiger partial charge in [0, 0.05) is 12.6 Å². The first-order valence-corrected chi connectivity index (χ1v) is 5.99. The smallest absolute Gasteiger partial charge is 0.218 e. The molecule has 0 radical (unpaired) electrons. The fourth-order valence-electron chi connectivity index (χ4n) is 2.60. The van der Waals surface area contributed by atoms with E-state index >= 15 is 0 Å². The molecule has 17 heavy (non-hydrogen) atoms. The van der Waals surface area contributed by atoms with Gasteiger partial charge in [-0.05, 0) is 16.7 Å². The Morgan fingerprint density at radius 2 is 1.88 bits per heavy atom. The molecule has 0 spiro atoms. The maximum atomic E-state index is 5.07. The highest BCUT2D eigenvalue weighted by molar-refractivity contribution is 5.38. The summed E-state index contributed by atoms with van der Waals surface area (Å²) in [7, 11) is 1.61. The molecule has 1 saturated carbocycles. The number of rotatable bonds is 4. The first-order valence-electron chi connectivity index (χ1n) is 5.99. The number of nitrogens with zero attached hydrogens (tertiary/aromatic N) is 2. The van der Waals surface area contributed by atoms with Crippen LogP contribution in [-0.2, 0) is 0 Å². The Morgan fingerprint density at radius 3 is 2.41 bits per heavy atom. The van der Waals surface area contributed by atoms with Crippen molar-refractivity contribution in [3.63, 3.8) is 0 Å². The van der Waals surface area contributed by atoms with Crippen LogP contribution < -0.4 is 10.1 Å². The quantitative estimate of drug-likeness (QED) is 0.871. The zero-order chi connectivity index (χ0) is 12.7. The monoisotopic (exact) mass is 235 g/mol. The van der Waals surface area contributed by atoms with Crippen LogP contribution >= 0.6 is 0 Å². The second kappa shape index (κ2) is 3.86. The summed E-state index contributed by atoms with van der Waals surface area (Å²) in [4.78, 5) is 8.16. The molecule has 2 rings (SSSR count). The zero-order valence-electron chi connectivity index (χ0n) is 11.2. The van der Waals surface area contributed by atoms with Crippen LogP contribution in [0.4, 0.5) is 5.82 Å². The molecule has 1 aromatic heterocycles. The van der Waals surface area contributed by atoms with Crippen molar-refractivity contribution < 1.29 is 4.74 Å². The Bertz CT molecular complexity index is 401. The molecule has 0 aliphatic heterocycles. The fourth-order valence-corrected chi connectivity index (χ4v) is 2.60. The van der Waals surface area contributed by atoms with Gasteiger partial charge in [0.15, 0.2) is 0 Å². The predicted molar refractivity (Wildman–Crippen MR) is 68.1 cm³/mol. The van der Waals surface area contributed by atoms with Crippen LogP contribution in [0.2, 0.25) is 0 Å². The molecule has 0 atom stereocenters. The van der Waals surface area contributed by atoms with Crippen LogP contribution in [0, 0.1) is 16.7 Å². The Hall–Kier alpha value is -1.32. The average molecular weight is 235 g/mol. The molecule has 1 N–H and O–H groups in total. The van der Waals surface area contributed by atoms with E-state index in [0.29, 0.717) is 22.6 Å². The molecule has 0 unspecified atom stereocenters. The van der Waals surface area contributed by atoms with E-state index in [2.05, 4.69) is 43.0 Å². The number of nitrogens with one attached hydrogen (secondary N) is 1. The third-order valence-corrected chi connectivity index (χ3v) is 4.66. The van der Waals surface area contributed by atoms with Gasteiger partial charge in [0.2, 0.25) is 5.88 Å². The Morgan fingerprint density at radius 1 is 1.24 bits per heavy atom. The van der Waals surface area contributed by atoms with Gasteiger partial charge < -0.3 is 10.1 Å². The van der Waals surface area contributed by atoms with Crippen LogP contribution in [-0.4, -0.2) is 23.6 Å². The molecule has 0 bridgehead atoms. The second-order valence-corrected chi connectivity index (χ2v) is 5.82. The summed E-state index contributed by atoms with van der Waals surface area (Å²) < 4.78 is 5.07. The van der Waals surface area contributed by atoms with Crippen molar-refractivity contribution in [2.45, 2.75) is 27.7 Å².